The molecule has 8 heteroatoms. The van der Waals surface area contributed by atoms with Gasteiger partial charge in [0.15, 0.2) is 0 Å². The molecule has 0 amide bonds. The van der Waals surface area contributed by atoms with Gasteiger partial charge in [0.2, 0.25) is 0 Å². The Hall–Kier alpha value is -8.36. The van der Waals surface area contributed by atoms with E-state index >= 15 is 0 Å². The second-order valence-electron chi connectivity index (χ2n) is 25.6. The van der Waals surface area contributed by atoms with Crippen molar-refractivity contribution in [1.82, 2.24) is 14.1 Å². The number of imidazole rings is 1. The third-order valence-corrected chi connectivity index (χ3v) is 16.0. The zero-order valence-corrected chi connectivity index (χ0v) is 46.8. The number of hydrogen-bond acceptors (Lipinski definition) is 4. The molecule has 0 unspecified atom stereocenters. The third-order valence-electron chi connectivity index (χ3n) is 16.0. The van der Waals surface area contributed by atoms with Crippen LogP contribution in [0.2, 0.25) is 0 Å². The van der Waals surface area contributed by atoms with Crippen LogP contribution in [0.5, 0.6) is 34.5 Å². The first-order chi connectivity index (χ1) is 37.1. The van der Waals surface area contributed by atoms with Gasteiger partial charge < -0.3 is 14.2 Å². The summed E-state index contributed by atoms with van der Waals surface area (Å²) in [6.45, 7) is 27.0. The number of fused-ring (bicyclic) bond motifs is 8. The van der Waals surface area contributed by atoms with Crippen molar-refractivity contribution >= 4 is 55.9 Å². The van der Waals surface area contributed by atoms with Crippen LogP contribution in [0.3, 0.4) is 0 Å². The molecule has 0 saturated carbocycles. The van der Waals surface area contributed by atoms with E-state index in [2.05, 4.69) is 261 Å². The summed E-state index contributed by atoms with van der Waals surface area (Å²) < 4.78 is 27.4. The second kappa shape index (κ2) is 17.6. The largest absolute Gasteiger partial charge is 0.458 e. The molecular weight excluding hydrogens is 956 g/mol. The molecule has 3 aromatic heterocycles. The molecule has 386 valence electrons. The van der Waals surface area contributed by atoms with E-state index in [9.17, 15) is 0 Å². The van der Waals surface area contributed by atoms with Gasteiger partial charge in [0.25, 0.3) is 13.0 Å². The highest BCUT2D eigenvalue weighted by Gasteiger charge is 2.41. The van der Waals surface area contributed by atoms with Gasteiger partial charge in [0, 0.05) is 28.5 Å². The van der Waals surface area contributed by atoms with E-state index in [0.717, 1.165) is 106 Å². The van der Waals surface area contributed by atoms with Crippen molar-refractivity contribution in [2.75, 3.05) is 0 Å². The van der Waals surface area contributed by atoms with Crippen molar-refractivity contribution in [3.8, 4) is 62.8 Å². The van der Waals surface area contributed by atoms with Crippen LogP contribution in [0.4, 0.5) is 0 Å². The minimum atomic E-state index is -0.0827. The smallest absolute Gasteiger partial charge is 0.269 e. The lowest BCUT2D eigenvalue weighted by molar-refractivity contribution is -0.572. The molecule has 7 nitrogen and oxygen atoms in total. The van der Waals surface area contributed by atoms with E-state index in [1.165, 1.54) is 22.3 Å². The van der Waals surface area contributed by atoms with Crippen LogP contribution >= 0.6 is 0 Å². The van der Waals surface area contributed by atoms with E-state index in [-0.39, 0.29) is 28.4 Å². The van der Waals surface area contributed by atoms with Crippen molar-refractivity contribution in [3.63, 3.8) is 0 Å². The number of ether oxygens (including phenoxy) is 3. The molecule has 0 fully saturated rings. The Morgan fingerprint density at radius 3 is 1.78 bits per heavy atom. The van der Waals surface area contributed by atoms with Crippen LogP contribution in [0.1, 0.15) is 105 Å². The quantitative estimate of drug-likeness (QED) is 0.0946. The molecule has 0 bridgehead atoms. The monoisotopic (exact) mass is 1020 g/mol. The summed E-state index contributed by atoms with van der Waals surface area (Å²) in [4.78, 5) is 5.04. The number of para-hydroxylation sites is 2. The zero-order valence-electron chi connectivity index (χ0n) is 46.8. The summed E-state index contributed by atoms with van der Waals surface area (Å²) in [6, 6.07) is 61.0. The van der Waals surface area contributed by atoms with Gasteiger partial charge in [-0.3, -0.25) is 13.7 Å². The summed E-state index contributed by atoms with van der Waals surface area (Å²) in [7, 11) is 0. The predicted molar refractivity (Wildman–Crippen MR) is 320 cm³/mol. The number of nitrogens with zero attached hydrogens (tertiary/aromatic N) is 4. The highest BCUT2D eigenvalue weighted by atomic mass is 16.5. The Morgan fingerprint density at radius 1 is 0.474 bits per heavy atom. The molecule has 5 heterocycles. The minimum Gasteiger partial charge on any atom is -0.458 e. The van der Waals surface area contributed by atoms with E-state index in [0.29, 0.717) is 5.75 Å². The van der Waals surface area contributed by atoms with Crippen LogP contribution in [0.15, 0.2) is 176 Å². The SMILES string of the molecule is CC(C)(C)c1cccc(-[n+]2[c-]n(-c3cccc(Oc4ccc5c6cc(-c7cc8c9c(c7)Oc7cc(C(C)(C)C)ccc7B9c7ccc(C(C)(C)C)cc7O8)ccc6n(-c6cc(C(C)(C)C)ccn6)c5c4)c3)c3ccccc32)c1. The summed E-state index contributed by atoms with van der Waals surface area (Å²) >= 11 is 0. The molecule has 0 aliphatic carbocycles. The number of hydrogen-bond donors (Lipinski definition) is 0. The molecule has 78 heavy (non-hydrogen) atoms. The van der Waals surface area contributed by atoms with Gasteiger partial charge in [-0.2, -0.15) is 0 Å². The Balaban J connectivity index is 0.919. The Labute approximate surface area is 458 Å². The van der Waals surface area contributed by atoms with E-state index in [4.69, 9.17) is 19.2 Å². The first kappa shape index (κ1) is 49.2. The molecule has 0 N–H and O–H groups in total. The van der Waals surface area contributed by atoms with Crippen molar-refractivity contribution < 1.29 is 18.8 Å². The molecule has 0 spiro atoms. The highest BCUT2D eigenvalue weighted by molar-refractivity contribution is 6.98. The van der Waals surface area contributed by atoms with E-state index in [1.807, 2.05) is 18.3 Å². The summed E-state index contributed by atoms with van der Waals surface area (Å²) in [5.41, 5.74) is 16.4. The van der Waals surface area contributed by atoms with Crippen molar-refractivity contribution in [2.24, 2.45) is 0 Å². The van der Waals surface area contributed by atoms with Gasteiger partial charge >= 0.3 is 0 Å². The fourth-order valence-corrected chi connectivity index (χ4v) is 11.5. The molecule has 0 atom stereocenters. The van der Waals surface area contributed by atoms with Gasteiger partial charge in [0.05, 0.1) is 33.4 Å². The van der Waals surface area contributed by atoms with Crippen LogP contribution in [0, 0.1) is 6.33 Å². The average Bonchev–Trinajstić information content (AvgIpc) is 3.95. The van der Waals surface area contributed by atoms with Crippen LogP contribution in [0.25, 0.3) is 61.2 Å². The maximum atomic E-state index is 7.01. The average molecular weight is 1020 g/mol. The fraction of sp³-hybridized carbons (Fsp3) is 0.229. The molecule has 2 aliphatic rings. The summed E-state index contributed by atoms with van der Waals surface area (Å²) in [6.07, 6.45) is 5.62. The molecule has 8 aromatic carbocycles. The van der Waals surface area contributed by atoms with Crippen LogP contribution < -0.4 is 35.2 Å². The van der Waals surface area contributed by atoms with E-state index < -0.39 is 0 Å². The number of pyridine rings is 1. The topological polar surface area (TPSA) is 54.3 Å². The standard InChI is InChI=1S/C70H65BN4O3/c1-67(2,3)45-17-15-18-49(36-45)73-42-74(59-22-14-13-21-58(59)73)50-19-16-20-51(40-50)76-52-26-27-53-54-33-43(23-30-57(54)75(60(53)41-52)65-39-48(31-32-72-65)70(10,11)12)44-34-63-66-64(35-44)78-62-38-47(69(7,8)9)25-29-56(62)71(66)55-28-24-46(68(4,5)6)37-61(55)77-63/h13-41H,1-12H3. The highest BCUT2D eigenvalue weighted by Crippen LogP contribution is 2.43. The molecule has 13 rings (SSSR count). The lowest BCUT2D eigenvalue weighted by Crippen LogP contribution is -2.57. The van der Waals surface area contributed by atoms with Crippen LogP contribution in [-0.2, 0) is 21.7 Å². The molecule has 2 aliphatic heterocycles. The first-order valence-corrected chi connectivity index (χ1v) is 27.4. The second-order valence-corrected chi connectivity index (χ2v) is 25.6. The van der Waals surface area contributed by atoms with Gasteiger partial charge in [0.1, 0.15) is 40.3 Å². The molecular formula is C70H65BN4O3. The molecule has 0 radical (unpaired) electrons. The van der Waals surface area contributed by atoms with Crippen molar-refractivity contribution in [3.05, 3.63) is 205 Å². The predicted octanol–water partition coefficient (Wildman–Crippen LogP) is 15.6. The summed E-state index contributed by atoms with van der Waals surface area (Å²) in [5.74, 6) is 5.71. The third kappa shape index (κ3) is 8.44. The number of rotatable bonds is 6. The minimum absolute atomic E-state index is 0.0128. The fourth-order valence-electron chi connectivity index (χ4n) is 11.5. The lowest BCUT2D eigenvalue weighted by Gasteiger charge is -2.35. The number of benzene rings is 8. The summed E-state index contributed by atoms with van der Waals surface area (Å²) in [5, 5.41) is 2.19. The lowest BCUT2D eigenvalue weighted by atomic mass is 9.34. The van der Waals surface area contributed by atoms with Gasteiger partial charge in [-0.25, -0.2) is 4.98 Å². The van der Waals surface area contributed by atoms with Crippen LogP contribution in [-0.4, -0.2) is 20.8 Å². The zero-order chi connectivity index (χ0) is 54.2. The molecule has 0 saturated heterocycles. The van der Waals surface area contributed by atoms with Gasteiger partial charge in [-0.05, 0) is 157 Å². The number of aromatic nitrogens is 4. The maximum absolute atomic E-state index is 7.01. The van der Waals surface area contributed by atoms with Crippen molar-refractivity contribution in [1.29, 1.82) is 0 Å². The normalized spacial score (nSPS) is 13.3. The van der Waals surface area contributed by atoms with Crippen molar-refractivity contribution in [2.45, 2.75) is 105 Å². The maximum Gasteiger partial charge on any atom is 0.269 e. The van der Waals surface area contributed by atoms with E-state index in [1.54, 1.807) is 0 Å². The van der Waals surface area contributed by atoms with Gasteiger partial charge in [-0.15, -0.1) is 0 Å². The Bertz CT molecular complexity index is 4160. The Kier molecular flexibility index (Phi) is 11.1. The Morgan fingerprint density at radius 2 is 1.10 bits per heavy atom. The molecule has 11 aromatic rings. The van der Waals surface area contributed by atoms with Gasteiger partial charge in [-0.1, -0.05) is 156 Å². The first-order valence-electron chi connectivity index (χ1n) is 27.4.